The van der Waals surface area contributed by atoms with Gasteiger partial charge in [-0.15, -0.1) is 0 Å². The Balaban J connectivity index is 2.12. The Labute approximate surface area is 205 Å². The molecule has 0 amide bonds. The van der Waals surface area contributed by atoms with Crippen LogP contribution in [0.25, 0.3) is 17.2 Å². The second-order valence-electron chi connectivity index (χ2n) is 10.6. The molecule has 0 aromatic heterocycles. The van der Waals surface area contributed by atoms with Crippen LogP contribution in [0, 0.1) is 0 Å². The molecule has 3 rings (SSSR count). The monoisotopic (exact) mass is 464 g/mol. The van der Waals surface area contributed by atoms with E-state index in [1.54, 1.807) is 25.1 Å². The van der Waals surface area contributed by atoms with Gasteiger partial charge in [0.2, 0.25) is 0 Å². The molecule has 0 saturated heterocycles. The van der Waals surface area contributed by atoms with Crippen molar-refractivity contribution in [1.29, 1.82) is 0 Å². The average Bonchev–Trinajstić information content (AvgIpc) is 2.79. The van der Waals surface area contributed by atoms with Crippen LogP contribution < -0.4 is 4.74 Å². The molecule has 0 fully saturated rings. The lowest BCUT2D eigenvalue weighted by Gasteiger charge is -2.42. The second kappa shape index (κ2) is 10.7. The van der Waals surface area contributed by atoms with Crippen molar-refractivity contribution in [2.24, 2.45) is 0 Å². The molecule has 1 aliphatic carbocycles. The Morgan fingerprint density at radius 2 is 1.65 bits per heavy atom. The van der Waals surface area contributed by atoms with Crippen LogP contribution in [0.4, 0.5) is 0 Å². The summed E-state index contributed by atoms with van der Waals surface area (Å²) < 4.78 is 11.3. The summed E-state index contributed by atoms with van der Waals surface area (Å²) in [5, 5.41) is 10.8. The van der Waals surface area contributed by atoms with E-state index in [2.05, 4.69) is 46.8 Å². The van der Waals surface area contributed by atoms with Crippen LogP contribution in [0.1, 0.15) is 90.3 Å². The zero-order valence-corrected chi connectivity index (χ0v) is 21.7. The highest BCUT2D eigenvalue weighted by atomic mass is 16.5. The maximum Gasteiger partial charge on any atom is 0.330 e. The van der Waals surface area contributed by atoms with Gasteiger partial charge in [-0.05, 0) is 84.0 Å². The van der Waals surface area contributed by atoms with E-state index in [1.807, 2.05) is 6.07 Å². The number of phenolic OH excluding ortho intramolecular Hbond substituents is 1. The number of aromatic hydroxyl groups is 1. The summed E-state index contributed by atoms with van der Waals surface area (Å²) in [4.78, 5) is 11.8. The standard InChI is InChI=1S/C30H40O4/c1-7-9-10-17-34-27-20-25-24(29(3,4)15-16-30(25,5)6)19-23(27)22-18-21(11-13-26(22)31)12-14-28(32)33-8-2/h11-14,18-20,31H,7-10,15-17H2,1-6H3/b14-12+. The van der Waals surface area contributed by atoms with E-state index in [0.717, 1.165) is 49.0 Å². The summed E-state index contributed by atoms with van der Waals surface area (Å²) in [6.07, 6.45) is 8.62. The number of phenols is 1. The molecule has 1 N–H and O–H groups in total. The summed E-state index contributed by atoms with van der Waals surface area (Å²) in [6, 6.07) is 9.81. The lowest BCUT2D eigenvalue weighted by Crippen LogP contribution is -2.34. The van der Waals surface area contributed by atoms with Gasteiger partial charge in [-0.25, -0.2) is 4.79 Å². The van der Waals surface area contributed by atoms with E-state index < -0.39 is 0 Å². The highest BCUT2D eigenvalue weighted by Crippen LogP contribution is 2.50. The van der Waals surface area contributed by atoms with Crippen molar-refractivity contribution in [3.8, 4) is 22.6 Å². The van der Waals surface area contributed by atoms with Crippen LogP contribution in [0.2, 0.25) is 0 Å². The lowest BCUT2D eigenvalue weighted by molar-refractivity contribution is -0.137. The number of fused-ring (bicyclic) bond motifs is 1. The summed E-state index contributed by atoms with van der Waals surface area (Å²) in [7, 11) is 0. The number of carbonyl (C=O) groups excluding carboxylic acids is 1. The number of hydrogen-bond acceptors (Lipinski definition) is 4. The Bertz CT molecular complexity index is 1050. The molecule has 0 spiro atoms. The molecule has 4 nitrogen and oxygen atoms in total. The van der Waals surface area contributed by atoms with Gasteiger partial charge in [0.05, 0.1) is 13.2 Å². The summed E-state index contributed by atoms with van der Waals surface area (Å²) in [5.74, 6) is 0.622. The predicted octanol–water partition coefficient (Wildman–Crippen LogP) is 7.55. The van der Waals surface area contributed by atoms with Crippen molar-refractivity contribution in [3.05, 3.63) is 53.1 Å². The zero-order chi connectivity index (χ0) is 24.9. The van der Waals surface area contributed by atoms with Gasteiger partial charge in [0.1, 0.15) is 11.5 Å². The van der Waals surface area contributed by atoms with Gasteiger partial charge in [-0.1, -0.05) is 53.5 Å². The number of unbranched alkanes of at least 4 members (excludes halogenated alkanes) is 2. The predicted molar refractivity (Wildman–Crippen MR) is 140 cm³/mol. The number of esters is 1. The minimum atomic E-state index is -0.380. The SMILES string of the molecule is CCCCCOc1cc2c(cc1-c1cc(/C=C/C(=O)OCC)ccc1O)C(C)(C)CCC2(C)C. The van der Waals surface area contributed by atoms with Crippen LogP contribution in [0.15, 0.2) is 36.4 Å². The average molecular weight is 465 g/mol. The molecule has 0 unspecified atom stereocenters. The largest absolute Gasteiger partial charge is 0.507 e. The van der Waals surface area contributed by atoms with Crippen LogP contribution in [0.3, 0.4) is 0 Å². The molecule has 0 saturated carbocycles. The Hall–Kier alpha value is -2.75. The highest BCUT2D eigenvalue weighted by Gasteiger charge is 2.38. The molecule has 2 aromatic carbocycles. The van der Waals surface area contributed by atoms with Crippen LogP contribution in [-0.4, -0.2) is 24.3 Å². The number of rotatable bonds is 9. The van der Waals surface area contributed by atoms with Crippen molar-refractivity contribution in [2.75, 3.05) is 13.2 Å². The van der Waals surface area contributed by atoms with Crippen LogP contribution in [-0.2, 0) is 20.4 Å². The fourth-order valence-corrected chi connectivity index (χ4v) is 4.69. The summed E-state index contributed by atoms with van der Waals surface area (Å²) in [5.41, 5.74) is 5.16. The first-order chi connectivity index (χ1) is 16.1. The van der Waals surface area contributed by atoms with Crippen molar-refractivity contribution in [3.63, 3.8) is 0 Å². The van der Waals surface area contributed by atoms with Gasteiger partial charge < -0.3 is 14.6 Å². The molecule has 1 aliphatic rings. The van der Waals surface area contributed by atoms with Crippen LogP contribution in [0.5, 0.6) is 11.5 Å². The van der Waals surface area contributed by atoms with E-state index in [1.165, 1.54) is 17.2 Å². The maximum atomic E-state index is 11.8. The topological polar surface area (TPSA) is 55.8 Å². The van der Waals surface area contributed by atoms with Gasteiger partial charge in [-0.2, -0.15) is 0 Å². The molecule has 0 bridgehead atoms. The van der Waals surface area contributed by atoms with Crippen molar-refractivity contribution in [1.82, 2.24) is 0 Å². The molecule has 2 aromatic rings. The maximum absolute atomic E-state index is 11.8. The fourth-order valence-electron chi connectivity index (χ4n) is 4.69. The molecule has 0 atom stereocenters. The normalized spacial score (nSPS) is 16.3. The quantitative estimate of drug-likeness (QED) is 0.236. The number of ether oxygens (including phenoxy) is 2. The van der Waals surface area contributed by atoms with Crippen molar-refractivity contribution < 1.29 is 19.4 Å². The third kappa shape index (κ3) is 5.84. The van der Waals surface area contributed by atoms with E-state index in [0.29, 0.717) is 18.8 Å². The van der Waals surface area contributed by atoms with E-state index >= 15 is 0 Å². The minimum Gasteiger partial charge on any atom is -0.507 e. The molecular weight excluding hydrogens is 424 g/mol. The smallest absolute Gasteiger partial charge is 0.330 e. The van der Waals surface area contributed by atoms with Gasteiger partial charge in [0.15, 0.2) is 0 Å². The Morgan fingerprint density at radius 1 is 0.971 bits per heavy atom. The molecule has 184 valence electrons. The fraction of sp³-hybridized carbons (Fsp3) is 0.500. The molecule has 4 heteroatoms. The molecule has 34 heavy (non-hydrogen) atoms. The third-order valence-electron chi connectivity index (χ3n) is 6.97. The van der Waals surface area contributed by atoms with Crippen LogP contribution >= 0.6 is 0 Å². The molecular formula is C30H40O4. The minimum absolute atomic E-state index is 0.0391. The van der Waals surface area contributed by atoms with Gasteiger partial charge in [0, 0.05) is 17.2 Å². The van der Waals surface area contributed by atoms with Crippen molar-refractivity contribution >= 4 is 12.0 Å². The Kier molecular flexibility index (Phi) is 8.12. The Morgan fingerprint density at radius 3 is 2.29 bits per heavy atom. The summed E-state index contributed by atoms with van der Waals surface area (Å²) >= 11 is 0. The van der Waals surface area contributed by atoms with Gasteiger partial charge in [-0.3, -0.25) is 0 Å². The first-order valence-corrected chi connectivity index (χ1v) is 12.6. The highest BCUT2D eigenvalue weighted by molar-refractivity contribution is 5.88. The van der Waals surface area contributed by atoms with Crippen molar-refractivity contribution in [2.45, 2.75) is 84.5 Å². The first kappa shape index (κ1) is 25.9. The molecule has 0 heterocycles. The second-order valence-corrected chi connectivity index (χ2v) is 10.6. The number of carbonyl (C=O) groups is 1. The van der Waals surface area contributed by atoms with E-state index in [-0.39, 0.29) is 22.5 Å². The molecule has 0 aliphatic heterocycles. The van der Waals surface area contributed by atoms with E-state index in [9.17, 15) is 9.90 Å². The van der Waals surface area contributed by atoms with Gasteiger partial charge in [0.25, 0.3) is 0 Å². The molecule has 0 radical (unpaired) electrons. The zero-order valence-electron chi connectivity index (χ0n) is 21.7. The third-order valence-corrected chi connectivity index (χ3v) is 6.97. The first-order valence-electron chi connectivity index (χ1n) is 12.6. The summed E-state index contributed by atoms with van der Waals surface area (Å²) in [6.45, 7) is 14.2. The number of benzene rings is 2. The number of hydrogen-bond donors (Lipinski definition) is 1. The van der Waals surface area contributed by atoms with E-state index in [4.69, 9.17) is 9.47 Å². The lowest BCUT2D eigenvalue weighted by atomic mass is 9.62. The van der Waals surface area contributed by atoms with Gasteiger partial charge >= 0.3 is 5.97 Å².